The van der Waals surface area contributed by atoms with E-state index in [4.69, 9.17) is 4.74 Å². The number of ether oxygens (including phenoxy) is 1. The Morgan fingerprint density at radius 1 is 1.37 bits per heavy atom. The number of hydrogen-bond donors (Lipinski definition) is 1. The van der Waals surface area contributed by atoms with E-state index in [2.05, 4.69) is 10.5 Å². The van der Waals surface area contributed by atoms with Crippen molar-refractivity contribution in [2.24, 2.45) is 5.10 Å². The van der Waals surface area contributed by atoms with Gasteiger partial charge in [-0.2, -0.15) is 5.10 Å². The SMILES string of the molecule is CCOc1ccccc1/C=N/NC(=O)C[N+](C)(C)C. The van der Waals surface area contributed by atoms with Gasteiger partial charge in [-0.25, -0.2) is 5.43 Å². The van der Waals surface area contributed by atoms with Gasteiger partial charge < -0.3 is 9.22 Å². The molecule has 0 heterocycles. The minimum atomic E-state index is -0.113. The average molecular weight is 264 g/mol. The lowest BCUT2D eigenvalue weighted by Gasteiger charge is -2.22. The fraction of sp³-hybridized carbons (Fsp3) is 0.429. The van der Waals surface area contributed by atoms with Crippen molar-refractivity contribution in [1.82, 2.24) is 5.43 Å². The van der Waals surface area contributed by atoms with E-state index in [0.717, 1.165) is 11.3 Å². The Kier molecular flexibility index (Phi) is 5.51. The molecule has 1 N–H and O–H groups in total. The van der Waals surface area contributed by atoms with Crippen LogP contribution in [0.25, 0.3) is 0 Å². The number of nitrogens with one attached hydrogen (secondary N) is 1. The molecule has 19 heavy (non-hydrogen) atoms. The van der Waals surface area contributed by atoms with Crippen molar-refractivity contribution in [1.29, 1.82) is 0 Å². The summed E-state index contributed by atoms with van der Waals surface area (Å²) in [6.07, 6.45) is 1.60. The molecule has 5 nitrogen and oxygen atoms in total. The predicted octanol–water partition coefficient (Wildman–Crippen LogP) is 1.24. The summed E-state index contributed by atoms with van der Waals surface area (Å²) in [5.41, 5.74) is 3.36. The average Bonchev–Trinajstić information content (AvgIpc) is 2.29. The van der Waals surface area contributed by atoms with Crippen molar-refractivity contribution < 1.29 is 14.0 Å². The first-order valence-electron chi connectivity index (χ1n) is 6.26. The Morgan fingerprint density at radius 3 is 2.68 bits per heavy atom. The van der Waals surface area contributed by atoms with Gasteiger partial charge in [0, 0.05) is 5.56 Å². The Labute approximate surface area is 114 Å². The van der Waals surface area contributed by atoms with Gasteiger partial charge in [0.15, 0.2) is 6.54 Å². The molecule has 104 valence electrons. The Morgan fingerprint density at radius 2 is 2.05 bits per heavy atom. The van der Waals surface area contributed by atoms with E-state index in [0.29, 0.717) is 17.6 Å². The number of benzene rings is 1. The minimum Gasteiger partial charge on any atom is -0.493 e. The molecule has 0 atom stereocenters. The van der Waals surface area contributed by atoms with E-state index in [1.807, 2.05) is 52.3 Å². The third kappa shape index (κ3) is 6.01. The summed E-state index contributed by atoms with van der Waals surface area (Å²) in [5.74, 6) is 0.646. The van der Waals surface area contributed by atoms with Crippen LogP contribution >= 0.6 is 0 Å². The van der Waals surface area contributed by atoms with E-state index in [1.54, 1.807) is 6.21 Å². The summed E-state index contributed by atoms with van der Waals surface area (Å²) in [6, 6.07) is 7.56. The second kappa shape index (κ2) is 6.89. The highest BCUT2D eigenvalue weighted by Crippen LogP contribution is 2.15. The highest BCUT2D eigenvalue weighted by Gasteiger charge is 2.13. The summed E-state index contributed by atoms with van der Waals surface area (Å²) in [5, 5.41) is 3.95. The van der Waals surface area contributed by atoms with Gasteiger partial charge in [0.2, 0.25) is 0 Å². The van der Waals surface area contributed by atoms with Crippen LogP contribution in [0.3, 0.4) is 0 Å². The molecular formula is C14H22N3O2+. The molecule has 0 unspecified atom stereocenters. The smallest absolute Gasteiger partial charge is 0.295 e. The maximum atomic E-state index is 11.6. The van der Waals surface area contributed by atoms with E-state index >= 15 is 0 Å². The zero-order valence-electron chi connectivity index (χ0n) is 12.0. The number of likely N-dealkylation sites (N-methyl/N-ethyl adjacent to an activating group) is 1. The van der Waals surface area contributed by atoms with Crippen LogP contribution in [0.4, 0.5) is 0 Å². The molecule has 0 aliphatic rings. The van der Waals surface area contributed by atoms with Gasteiger partial charge in [-0.3, -0.25) is 4.79 Å². The van der Waals surface area contributed by atoms with Gasteiger partial charge in [-0.15, -0.1) is 0 Å². The van der Waals surface area contributed by atoms with Gasteiger partial charge in [0.05, 0.1) is 34.0 Å². The second-order valence-corrected chi connectivity index (χ2v) is 5.21. The van der Waals surface area contributed by atoms with Crippen molar-refractivity contribution in [3.8, 4) is 5.75 Å². The van der Waals surface area contributed by atoms with Crippen molar-refractivity contribution in [3.05, 3.63) is 29.8 Å². The fourth-order valence-corrected chi connectivity index (χ4v) is 1.51. The number of rotatable bonds is 6. The van der Waals surface area contributed by atoms with Crippen LogP contribution in [0.2, 0.25) is 0 Å². The summed E-state index contributed by atoms with van der Waals surface area (Å²) >= 11 is 0. The van der Waals surface area contributed by atoms with Crippen molar-refractivity contribution in [3.63, 3.8) is 0 Å². The molecule has 0 aromatic heterocycles. The van der Waals surface area contributed by atoms with Crippen molar-refractivity contribution in [2.45, 2.75) is 6.92 Å². The number of hydrogen-bond acceptors (Lipinski definition) is 3. The molecule has 0 aliphatic carbocycles. The van der Waals surface area contributed by atoms with Crippen LogP contribution in [0.1, 0.15) is 12.5 Å². The van der Waals surface area contributed by atoms with Crippen LogP contribution in [0.5, 0.6) is 5.75 Å². The number of quaternary nitrogens is 1. The number of para-hydroxylation sites is 1. The maximum absolute atomic E-state index is 11.6. The number of hydrazone groups is 1. The molecule has 1 rings (SSSR count). The third-order valence-corrected chi connectivity index (χ3v) is 2.23. The lowest BCUT2D eigenvalue weighted by atomic mass is 10.2. The first-order valence-corrected chi connectivity index (χ1v) is 6.26. The molecule has 1 aromatic carbocycles. The molecular weight excluding hydrogens is 242 g/mol. The molecule has 0 saturated heterocycles. The Bertz CT molecular complexity index is 450. The normalized spacial score (nSPS) is 11.6. The topological polar surface area (TPSA) is 50.7 Å². The van der Waals surface area contributed by atoms with Crippen LogP contribution in [-0.2, 0) is 4.79 Å². The third-order valence-electron chi connectivity index (χ3n) is 2.23. The summed E-state index contributed by atoms with van der Waals surface area (Å²) < 4.78 is 6.03. The molecule has 0 bridgehead atoms. The van der Waals surface area contributed by atoms with E-state index in [-0.39, 0.29) is 5.91 Å². The quantitative estimate of drug-likeness (QED) is 0.477. The fourth-order valence-electron chi connectivity index (χ4n) is 1.51. The molecule has 0 fully saturated rings. The molecule has 5 heteroatoms. The Balaban J connectivity index is 2.60. The van der Waals surface area contributed by atoms with Gasteiger partial charge in [-0.05, 0) is 19.1 Å². The molecule has 1 aromatic rings. The summed E-state index contributed by atoms with van der Waals surface area (Å²) in [4.78, 5) is 11.6. The van der Waals surface area contributed by atoms with Crippen LogP contribution in [-0.4, -0.2) is 50.9 Å². The standard InChI is InChI=1S/C14H21N3O2/c1-5-19-13-9-7-6-8-12(13)10-15-16-14(18)11-17(2,3)4/h6-10H,5,11H2,1-4H3/p+1/b15-10+. The van der Waals surface area contributed by atoms with Gasteiger partial charge in [0.25, 0.3) is 5.91 Å². The molecule has 0 aliphatic heterocycles. The highest BCUT2D eigenvalue weighted by atomic mass is 16.5. The predicted molar refractivity (Wildman–Crippen MR) is 76.2 cm³/mol. The number of carbonyl (C=O) groups excluding carboxylic acids is 1. The first kappa shape index (κ1) is 15.2. The number of nitrogens with zero attached hydrogens (tertiary/aromatic N) is 2. The monoisotopic (exact) mass is 264 g/mol. The lowest BCUT2D eigenvalue weighted by Crippen LogP contribution is -2.43. The van der Waals surface area contributed by atoms with Gasteiger partial charge in [0.1, 0.15) is 5.75 Å². The van der Waals surface area contributed by atoms with Crippen molar-refractivity contribution >= 4 is 12.1 Å². The first-order chi connectivity index (χ1) is 8.92. The molecule has 1 amide bonds. The lowest BCUT2D eigenvalue weighted by molar-refractivity contribution is -0.862. The molecule has 0 spiro atoms. The molecule has 0 saturated carbocycles. The second-order valence-electron chi connectivity index (χ2n) is 5.21. The minimum absolute atomic E-state index is 0.113. The van der Waals surface area contributed by atoms with Gasteiger partial charge >= 0.3 is 0 Å². The highest BCUT2D eigenvalue weighted by molar-refractivity contribution is 5.85. The largest absolute Gasteiger partial charge is 0.493 e. The van der Waals surface area contributed by atoms with E-state index in [1.165, 1.54) is 0 Å². The zero-order valence-corrected chi connectivity index (χ0v) is 12.0. The van der Waals surface area contributed by atoms with Crippen LogP contribution in [0, 0.1) is 0 Å². The van der Waals surface area contributed by atoms with Gasteiger partial charge in [-0.1, -0.05) is 12.1 Å². The maximum Gasteiger partial charge on any atom is 0.295 e. The van der Waals surface area contributed by atoms with Crippen LogP contribution in [0.15, 0.2) is 29.4 Å². The summed E-state index contributed by atoms with van der Waals surface area (Å²) in [7, 11) is 5.86. The number of amides is 1. The zero-order chi connectivity index (χ0) is 14.3. The van der Waals surface area contributed by atoms with Crippen LogP contribution < -0.4 is 10.2 Å². The summed E-state index contributed by atoms with van der Waals surface area (Å²) in [6.45, 7) is 2.90. The molecule has 0 radical (unpaired) electrons. The number of carbonyl (C=O) groups is 1. The van der Waals surface area contributed by atoms with E-state index < -0.39 is 0 Å². The van der Waals surface area contributed by atoms with Crippen molar-refractivity contribution in [2.75, 3.05) is 34.3 Å². The van der Waals surface area contributed by atoms with E-state index in [9.17, 15) is 4.79 Å². The Hall–Kier alpha value is -1.88.